The Morgan fingerprint density at radius 2 is 1.72 bits per heavy atom. The van der Waals surface area contributed by atoms with Gasteiger partial charge in [0.05, 0.1) is 12.1 Å². The van der Waals surface area contributed by atoms with Crippen molar-refractivity contribution in [1.29, 1.82) is 0 Å². The molecule has 2 N–H and O–H groups in total. The zero-order valence-corrected chi connectivity index (χ0v) is 12.4. The Kier molecular flexibility index (Phi) is 5.36. The predicted octanol–water partition coefficient (Wildman–Crippen LogP) is 3.84. The van der Waals surface area contributed by atoms with Gasteiger partial charge in [-0.25, -0.2) is 0 Å². The van der Waals surface area contributed by atoms with E-state index in [1.807, 2.05) is 6.92 Å². The van der Waals surface area contributed by atoms with Gasteiger partial charge in [0, 0.05) is 6.61 Å². The average molecular weight is 249 g/mol. The van der Waals surface area contributed by atoms with Crippen LogP contribution in [0.15, 0.2) is 24.3 Å². The normalized spacial score (nSPS) is 15.4. The quantitative estimate of drug-likeness (QED) is 0.860. The van der Waals surface area contributed by atoms with Gasteiger partial charge in [-0.3, -0.25) is 0 Å². The van der Waals surface area contributed by atoms with E-state index in [1.54, 1.807) is 0 Å². The van der Waals surface area contributed by atoms with E-state index in [2.05, 4.69) is 52.0 Å². The SMILES string of the molecule is Cc1ccc(C(N)C(C)OCCC(C)(C)C)cc1. The van der Waals surface area contributed by atoms with Crippen LogP contribution in [0.1, 0.15) is 51.3 Å². The van der Waals surface area contributed by atoms with Crippen molar-refractivity contribution in [3.8, 4) is 0 Å². The summed E-state index contributed by atoms with van der Waals surface area (Å²) in [7, 11) is 0. The fourth-order valence-electron chi connectivity index (χ4n) is 1.71. The third-order valence-electron chi connectivity index (χ3n) is 3.20. The summed E-state index contributed by atoms with van der Waals surface area (Å²) in [6.07, 6.45) is 1.10. The standard InChI is InChI=1S/C16H27NO/c1-12-6-8-14(9-7-12)15(17)13(2)18-11-10-16(3,4)5/h6-9,13,15H,10-11,17H2,1-5H3. The summed E-state index contributed by atoms with van der Waals surface area (Å²) in [5, 5.41) is 0. The Hall–Kier alpha value is -0.860. The Balaban J connectivity index is 2.46. The molecule has 2 nitrogen and oxygen atoms in total. The Bertz CT molecular complexity index is 350. The number of hydrogen-bond acceptors (Lipinski definition) is 2. The first-order valence-electron chi connectivity index (χ1n) is 6.73. The van der Waals surface area contributed by atoms with E-state index >= 15 is 0 Å². The molecule has 0 spiro atoms. The zero-order valence-electron chi connectivity index (χ0n) is 12.4. The van der Waals surface area contributed by atoms with Crippen molar-refractivity contribution in [1.82, 2.24) is 0 Å². The maximum atomic E-state index is 6.21. The molecule has 2 heteroatoms. The summed E-state index contributed by atoms with van der Waals surface area (Å²) < 4.78 is 5.84. The van der Waals surface area contributed by atoms with Gasteiger partial charge in [0.1, 0.15) is 0 Å². The Labute approximate surface area is 112 Å². The highest BCUT2D eigenvalue weighted by Gasteiger charge is 2.17. The molecule has 0 saturated carbocycles. The van der Waals surface area contributed by atoms with E-state index in [0.717, 1.165) is 18.6 Å². The lowest BCUT2D eigenvalue weighted by molar-refractivity contribution is 0.0333. The van der Waals surface area contributed by atoms with Crippen molar-refractivity contribution in [2.75, 3.05) is 6.61 Å². The molecule has 0 fully saturated rings. The van der Waals surface area contributed by atoms with Crippen LogP contribution in [0.2, 0.25) is 0 Å². The van der Waals surface area contributed by atoms with E-state index in [4.69, 9.17) is 10.5 Å². The number of rotatable bonds is 5. The maximum absolute atomic E-state index is 6.21. The monoisotopic (exact) mass is 249 g/mol. The van der Waals surface area contributed by atoms with Gasteiger partial charge in [0.2, 0.25) is 0 Å². The minimum Gasteiger partial charge on any atom is -0.377 e. The average Bonchev–Trinajstić information content (AvgIpc) is 2.27. The Morgan fingerprint density at radius 1 is 1.17 bits per heavy atom. The van der Waals surface area contributed by atoms with Gasteiger partial charge in [-0.1, -0.05) is 50.6 Å². The molecule has 102 valence electrons. The van der Waals surface area contributed by atoms with Gasteiger partial charge in [0.15, 0.2) is 0 Å². The van der Waals surface area contributed by atoms with Gasteiger partial charge in [-0.2, -0.15) is 0 Å². The van der Waals surface area contributed by atoms with Crippen LogP contribution in [-0.2, 0) is 4.74 Å². The summed E-state index contributed by atoms with van der Waals surface area (Å²) >= 11 is 0. The topological polar surface area (TPSA) is 35.2 Å². The van der Waals surface area contributed by atoms with E-state index in [0.29, 0.717) is 5.41 Å². The van der Waals surface area contributed by atoms with Gasteiger partial charge in [-0.15, -0.1) is 0 Å². The van der Waals surface area contributed by atoms with E-state index in [9.17, 15) is 0 Å². The van der Waals surface area contributed by atoms with Crippen molar-refractivity contribution in [2.24, 2.45) is 11.1 Å². The minimum absolute atomic E-state index is 0.0504. The number of ether oxygens (including phenoxy) is 1. The lowest BCUT2D eigenvalue weighted by atomic mass is 9.93. The van der Waals surface area contributed by atoms with Gasteiger partial charge in [0.25, 0.3) is 0 Å². The first kappa shape index (κ1) is 15.2. The van der Waals surface area contributed by atoms with Crippen molar-refractivity contribution in [3.63, 3.8) is 0 Å². The minimum atomic E-state index is -0.0504. The van der Waals surface area contributed by atoms with Crippen LogP contribution < -0.4 is 5.73 Å². The largest absolute Gasteiger partial charge is 0.377 e. The second-order valence-electron chi connectivity index (χ2n) is 6.32. The van der Waals surface area contributed by atoms with Crippen LogP contribution in [0, 0.1) is 12.3 Å². The van der Waals surface area contributed by atoms with Crippen molar-refractivity contribution >= 4 is 0 Å². The second-order valence-corrected chi connectivity index (χ2v) is 6.32. The maximum Gasteiger partial charge on any atom is 0.0739 e. The zero-order chi connectivity index (χ0) is 13.8. The van der Waals surface area contributed by atoms with E-state index in [-0.39, 0.29) is 12.1 Å². The van der Waals surface area contributed by atoms with E-state index in [1.165, 1.54) is 5.56 Å². The van der Waals surface area contributed by atoms with Crippen LogP contribution in [0.5, 0.6) is 0 Å². The number of hydrogen-bond donors (Lipinski definition) is 1. The predicted molar refractivity (Wildman–Crippen MR) is 77.6 cm³/mol. The molecular weight excluding hydrogens is 222 g/mol. The third-order valence-corrected chi connectivity index (χ3v) is 3.20. The molecule has 18 heavy (non-hydrogen) atoms. The number of aryl methyl sites for hydroxylation is 1. The van der Waals surface area contributed by atoms with Gasteiger partial charge in [-0.05, 0) is 31.2 Å². The third kappa shape index (κ3) is 5.19. The fourth-order valence-corrected chi connectivity index (χ4v) is 1.71. The molecule has 0 aliphatic rings. The molecule has 0 saturated heterocycles. The summed E-state index contributed by atoms with van der Waals surface area (Å²) in [5.41, 5.74) is 8.93. The van der Waals surface area contributed by atoms with Gasteiger partial charge < -0.3 is 10.5 Å². The second kappa shape index (κ2) is 6.35. The molecule has 0 amide bonds. The molecule has 0 aliphatic heterocycles. The molecule has 2 atom stereocenters. The van der Waals surface area contributed by atoms with Crippen LogP contribution >= 0.6 is 0 Å². The van der Waals surface area contributed by atoms with Crippen LogP contribution in [0.25, 0.3) is 0 Å². The summed E-state index contributed by atoms with van der Waals surface area (Å²) in [6.45, 7) is 11.6. The highest BCUT2D eigenvalue weighted by Crippen LogP contribution is 2.21. The van der Waals surface area contributed by atoms with Crippen molar-refractivity contribution in [3.05, 3.63) is 35.4 Å². The molecule has 0 aliphatic carbocycles. The molecule has 0 radical (unpaired) electrons. The molecule has 1 aromatic rings. The first-order chi connectivity index (χ1) is 8.29. The summed E-state index contributed by atoms with van der Waals surface area (Å²) in [5.74, 6) is 0. The number of nitrogens with two attached hydrogens (primary N) is 1. The molecule has 1 rings (SSSR count). The highest BCUT2D eigenvalue weighted by atomic mass is 16.5. The first-order valence-corrected chi connectivity index (χ1v) is 6.73. The summed E-state index contributed by atoms with van der Waals surface area (Å²) in [6, 6.07) is 8.31. The van der Waals surface area contributed by atoms with Crippen LogP contribution in [-0.4, -0.2) is 12.7 Å². The molecule has 1 aromatic carbocycles. The van der Waals surface area contributed by atoms with Crippen molar-refractivity contribution < 1.29 is 4.74 Å². The molecule has 2 unspecified atom stereocenters. The smallest absolute Gasteiger partial charge is 0.0739 e. The highest BCUT2D eigenvalue weighted by molar-refractivity contribution is 5.24. The lowest BCUT2D eigenvalue weighted by Crippen LogP contribution is -2.27. The van der Waals surface area contributed by atoms with Crippen molar-refractivity contribution in [2.45, 2.75) is 53.2 Å². The molecular formula is C16H27NO. The fraction of sp³-hybridized carbons (Fsp3) is 0.625. The summed E-state index contributed by atoms with van der Waals surface area (Å²) in [4.78, 5) is 0. The number of benzene rings is 1. The van der Waals surface area contributed by atoms with Crippen LogP contribution in [0.4, 0.5) is 0 Å². The van der Waals surface area contributed by atoms with Gasteiger partial charge >= 0.3 is 0 Å². The van der Waals surface area contributed by atoms with E-state index < -0.39 is 0 Å². The van der Waals surface area contributed by atoms with Crippen LogP contribution in [0.3, 0.4) is 0 Å². The Morgan fingerprint density at radius 3 is 2.22 bits per heavy atom. The molecule has 0 heterocycles. The lowest BCUT2D eigenvalue weighted by Gasteiger charge is -2.24. The molecule has 0 aromatic heterocycles. The molecule has 0 bridgehead atoms.